The minimum absolute atomic E-state index is 0.268. The van der Waals surface area contributed by atoms with E-state index in [9.17, 15) is 4.79 Å². The van der Waals surface area contributed by atoms with Gasteiger partial charge in [0.1, 0.15) is 12.4 Å². The van der Waals surface area contributed by atoms with Crippen molar-refractivity contribution >= 4 is 5.97 Å². The predicted molar refractivity (Wildman–Crippen MR) is 76.1 cm³/mol. The van der Waals surface area contributed by atoms with Crippen LogP contribution in [0.4, 0.5) is 0 Å². The summed E-state index contributed by atoms with van der Waals surface area (Å²) in [6, 6.07) is 7.34. The molecule has 0 amide bonds. The quantitative estimate of drug-likeness (QED) is 0.716. The van der Waals surface area contributed by atoms with Crippen LogP contribution >= 0.6 is 0 Å². The lowest BCUT2D eigenvalue weighted by molar-refractivity contribution is 0.0696. The molecule has 2 aliphatic rings. The van der Waals surface area contributed by atoms with E-state index < -0.39 is 5.97 Å². The second-order valence-corrected chi connectivity index (χ2v) is 5.84. The van der Waals surface area contributed by atoms with Crippen LogP contribution in [-0.2, 0) is 0 Å². The molecule has 2 aliphatic carbocycles. The summed E-state index contributed by atoms with van der Waals surface area (Å²) in [4.78, 5) is 10.9. The maximum absolute atomic E-state index is 10.9. The molecule has 2 N–H and O–H groups in total. The van der Waals surface area contributed by atoms with Crippen LogP contribution in [0.5, 0.6) is 5.75 Å². The fraction of sp³-hybridized carbons (Fsp3) is 0.562. The van der Waals surface area contributed by atoms with Crippen LogP contribution in [0, 0.1) is 11.8 Å². The first-order chi connectivity index (χ1) is 9.74. The lowest BCUT2D eigenvalue weighted by Crippen LogP contribution is -2.36. The second-order valence-electron chi connectivity index (χ2n) is 5.84. The Morgan fingerprint density at radius 1 is 1.30 bits per heavy atom. The van der Waals surface area contributed by atoms with Crippen molar-refractivity contribution in [2.24, 2.45) is 11.8 Å². The van der Waals surface area contributed by atoms with Gasteiger partial charge in [0.25, 0.3) is 0 Å². The molecule has 0 radical (unpaired) electrons. The smallest absolute Gasteiger partial charge is 0.335 e. The van der Waals surface area contributed by atoms with Crippen molar-refractivity contribution in [2.45, 2.75) is 31.7 Å². The molecule has 0 bridgehead atoms. The van der Waals surface area contributed by atoms with Crippen molar-refractivity contribution < 1.29 is 14.6 Å². The highest BCUT2D eigenvalue weighted by Crippen LogP contribution is 2.44. The van der Waals surface area contributed by atoms with Crippen LogP contribution in [0.1, 0.15) is 36.0 Å². The van der Waals surface area contributed by atoms with Crippen LogP contribution < -0.4 is 10.1 Å². The molecule has 108 valence electrons. The lowest BCUT2D eigenvalue weighted by atomic mass is 10.1. The lowest BCUT2D eigenvalue weighted by Gasteiger charge is -2.17. The van der Waals surface area contributed by atoms with E-state index in [1.807, 2.05) is 0 Å². The highest BCUT2D eigenvalue weighted by Gasteiger charge is 2.40. The first-order valence-electron chi connectivity index (χ1n) is 7.43. The Morgan fingerprint density at radius 3 is 2.60 bits per heavy atom. The molecule has 0 unspecified atom stereocenters. The molecule has 2 saturated carbocycles. The number of rotatable bonds is 8. The van der Waals surface area contributed by atoms with Gasteiger partial charge in [0, 0.05) is 12.6 Å². The zero-order chi connectivity index (χ0) is 13.9. The minimum Gasteiger partial charge on any atom is -0.492 e. The summed E-state index contributed by atoms with van der Waals surface area (Å²) in [7, 11) is 0. The van der Waals surface area contributed by atoms with Gasteiger partial charge in [-0.05, 0) is 55.7 Å². The Kier molecular flexibility index (Phi) is 3.92. The van der Waals surface area contributed by atoms with Gasteiger partial charge in [0.2, 0.25) is 0 Å². The Morgan fingerprint density at radius 2 is 2.00 bits per heavy atom. The van der Waals surface area contributed by atoms with Crippen molar-refractivity contribution in [1.82, 2.24) is 5.32 Å². The van der Waals surface area contributed by atoms with E-state index in [1.165, 1.54) is 25.7 Å². The van der Waals surface area contributed by atoms with E-state index in [0.717, 1.165) is 18.4 Å². The summed E-state index contributed by atoms with van der Waals surface area (Å²) in [5.41, 5.74) is 0.268. The van der Waals surface area contributed by atoms with E-state index in [2.05, 4.69) is 5.32 Å². The van der Waals surface area contributed by atoms with Gasteiger partial charge >= 0.3 is 5.97 Å². The molecule has 4 heteroatoms. The maximum atomic E-state index is 10.9. The van der Waals surface area contributed by atoms with Crippen molar-refractivity contribution in [3.05, 3.63) is 29.8 Å². The normalized spacial score (nSPS) is 18.2. The Balaban J connectivity index is 1.42. The molecule has 4 nitrogen and oxygen atoms in total. The topological polar surface area (TPSA) is 58.6 Å². The summed E-state index contributed by atoms with van der Waals surface area (Å²) in [5.74, 6) is 1.48. The van der Waals surface area contributed by atoms with Gasteiger partial charge in [-0.3, -0.25) is 0 Å². The first-order valence-corrected chi connectivity index (χ1v) is 7.43. The summed E-state index contributed by atoms with van der Waals surface area (Å²) < 4.78 is 5.62. The average Bonchev–Trinajstić information content (AvgIpc) is 3.32. The second kappa shape index (κ2) is 5.83. The van der Waals surface area contributed by atoms with Gasteiger partial charge in [0.05, 0.1) is 5.56 Å². The fourth-order valence-electron chi connectivity index (χ4n) is 2.74. The maximum Gasteiger partial charge on any atom is 0.335 e. The van der Waals surface area contributed by atoms with Gasteiger partial charge in [-0.25, -0.2) is 4.79 Å². The van der Waals surface area contributed by atoms with Gasteiger partial charge < -0.3 is 15.2 Å². The molecule has 0 aromatic heterocycles. The molecule has 20 heavy (non-hydrogen) atoms. The summed E-state index contributed by atoms with van der Waals surface area (Å²) in [5, 5.41) is 12.5. The molecule has 0 aliphatic heterocycles. The van der Waals surface area contributed by atoms with E-state index in [1.54, 1.807) is 24.3 Å². The number of ether oxygens (including phenoxy) is 1. The van der Waals surface area contributed by atoms with Crippen LogP contribution in [0.2, 0.25) is 0 Å². The number of hydrogen-bond donors (Lipinski definition) is 2. The monoisotopic (exact) mass is 275 g/mol. The minimum atomic E-state index is -0.920. The van der Waals surface area contributed by atoms with E-state index in [4.69, 9.17) is 9.84 Å². The molecule has 0 spiro atoms. The number of nitrogens with one attached hydrogen (secondary N) is 1. The Bertz CT molecular complexity index is 468. The van der Waals surface area contributed by atoms with E-state index in [0.29, 0.717) is 18.4 Å². The predicted octanol–water partition coefficient (Wildman–Crippen LogP) is 2.54. The molecule has 3 rings (SSSR count). The molecule has 0 atom stereocenters. The molecular weight excluding hydrogens is 254 g/mol. The molecule has 0 saturated heterocycles. The first kappa shape index (κ1) is 13.4. The SMILES string of the molecule is O=C(O)c1cccc(OCCNC(C2CC2)C2CC2)c1. The van der Waals surface area contributed by atoms with Crippen LogP contribution in [0.15, 0.2) is 24.3 Å². The standard InChI is InChI=1S/C16H21NO3/c18-16(19)13-2-1-3-14(10-13)20-9-8-17-15(11-4-5-11)12-6-7-12/h1-3,10-12,15,17H,4-9H2,(H,18,19). The van der Waals surface area contributed by atoms with E-state index >= 15 is 0 Å². The molecule has 0 heterocycles. The van der Waals surface area contributed by atoms with Gasteiger partial charge in [0.15, 0.2) is 0 Å². The molecule has 1 aromatic carbocycles. The zero-order valence-electron chi connectivity index (χ0n) is 11.5. The van der Waals surface area contributed by atoms with Crippen LogP contribution in [0.25, 0.3) is 0 Å². The zero-order valence-corrected chi connectivity index (χ0v) is 11.5. The Labute approximate surface area is 119 Å². The number of aromatic carboxylic acids is 1. The third-order valence-corrected chi connectivity index (χ3v) is 4.09. The van der Waals surface area contributed by atoms with E-state index in [-0.39, 0.29) is 5.56 Å². The average molecular weight is 275 g/mol. The van der Waals surface area contributed by atoms with Gasteiger partial charge in [-0.2, -0.15) is 0 Å². The van der Waals surface area contributed by atoms with Crippen molar-refractivity contribution in [2.75, 3.05) is 13.2 Å². The van der Waals surface area contributed by atoms with Crippen molar-refractivity contribution in [3.63, 3.8) is 0 Å². The van der Waals surface area contributed by atoms with Gasteiger partial charge in [-0.15, -0.1) is 0 Å². The summed E-state index contributed by atoms with van der Waals surface area (Å²) in [6.07, 6.45) is 5.48. The highest BCUT2D eigenvalue weighted by molar-refractivity contribution is 5.87. The number of hydrogen-bond acceptors (Lipinski definition) is 3. The van der Waals surface area contributed by atoms with Crippen molar-refractivity contribution in [1.29, 1.82) is 0 Å². The molecule has 1 aromatic rings. The number of carboxylic acids is 1. The molecule has 2 fully saturated rings. The third-order valence-electron chi connectivity index (χ3n) is 4.09. The van der Waals surface area contributed by atoms with Crippen molar-refractivity contribution in [3.8, 4) is 5.75 Å². The summed E-state index contributed by atoms with van der Waals surface area (Å²) >= 11 is 0. The van der Waals surface area contributed by atoms with Gasteiger partial charge in [-0.1, -0.05) is 6.07 Å². The fourth-order valence-corrected chi connectivity index (χ4v) is 2.74. The third kappa shape index (κ3) is 3.51. The largest absolute Gasteiger partial charge is 0.492 e. The highest BCUT2D eigenvalue weighted by atomic mass is 16.5. The molecular formula is C16H21NO3. The number of benzene rings is 1. The van der Waals surface area contributed by atoms with Crippen LogP contribution in [0.3, 0.4) is 0 Å². The Hall–Kier alpha value is -1.55. The summed E-state index contributed by atoms with van der Waals surface area (Å²) in [6.45, 7) is 1.41. The number of carbonyl (C=O) groups is 1. The number of carboxylic acid groups (broad SMARTS) is 1. The van der Waals surface area contributed by atoms with Crippen LogP contribution in [-0.4, -0.2) is 30.3 Å².